The number of hydrogen-bond acceptors (Lipinski definition) is 6. The molecule has 1 amide bonds. The van der Waals surface area contributed by atoms with Gasteiger partial charge in [0.2, 0.25) is 0 Å². The van der Waals surface area contributed by atoms with Crippen molar-refractivity contribution >= 4 is 17.4 Å². The topological polar surface area (TPSA) is 89.3 Å². The van der Waals surface area contributed by atoms with E-state index in [4.69, 9.17) is 9.15 Å². The summed E-state index contributed by atoms with van der Waals surface area (Å²) in [6.07, 6.45) is 1.56. The number of carbonyl (C=O) groups excluding carboxylic acids is 1. The first-order chi connectivity index (χ1) is 12.2. The Kier molecular flexibility index (Phi) is 5.26. The molecule has 2 aromatic heterocycles. The molecule has 128 valence electrons. The molecule has 1 aromatic carbocycles. The summed E-state index contributed by atoms with van der Waals surface area (Å²) < 4.78 is 10.6. The van der Waals surface area contributed by atoms with Crippen LogP contribution in [0.25, 0.3) is 0 Å². The number of rotatable bonds is 7. The SMILES string of the molecule is CCOc1ccc(Nc2ccc(C(=O)NCc3ccco3)nn2)cc1. The Balaban J connectivity index is 1.56. The lowest BCUT2D eigenvalue weighted by Gasteiger charge is -2.07. The molecule has 0 aliphatic carbocycles. The van der Waals surface area contributed by atoms with Crippen molar-refractivity contribution in [2.45, 2.75) is 13.5 Å². The van der Waals surface area contributed by atoms with Crippen molar-refractivity contribution in [1.29, 1.82) is 0 Å². The minimum absolute atomic E-state index is 0.240. The normalized spacial score (nSPS) is 10.3. The van der Waals surface area contributed by atoms with E-state index in [0.717, 1.165) is 11.4 Å². The standard InChI is InChI=1S/C18H18N4O3/c1-2-24-14-7-5-13(6-8-14)20-17-10-9-16(21-22-17)18(23)19-12-15-4-3-11-25-15/h3-11H,2,12H2,1H3,(H,19,23)(H,20,22). The molecule has 0 spiro atoms. The van der Waals surface area contributed by atoms with E-state index in [1.165, 1.54) is 0 Å². The van der Waals surface area contributed by atoms with Crippen molar-refractivity contribution in [2.24, 2.45) is 0 Å². The van der Waals surface area contributed by atoms with Gasteiger partial charge in [0.25, 0.3) is 5.91 Å². The molecule has 0 saturated heterocycles. The quantitative estimate of drug-likeness (QED) is 0.688. The summed E-state index contributed by atoms with van der Waals surface area (Å²) in [4.78, 5) is 12.0. The molecule has 2 heterocycles. The maximum Gasteiger partial charge on any atom is 0.272 e. The first-order valence-corrected chi connectivity index (χ1v) is 7.89. The second-order valence-corrected chi connectivity index (χ2v) is 5.15. The van der Waals surface area contributed by atoms with Crippen molar-refractivity contribution in [1.82, 2.24) is 15.5 Å². The average Bonchev–Trinajstić information content (AvgIpc) is 3.16. The van der Waals surface area contributed by atoms with Crippen LogP contribution in [0.15, 0.2) is 59.2 Å². The molecular weight excluding hydrogens is 320 g/mol. The van der Waals surface area contributed by atoms with Gasteiger partial charge in [-0.25, -0.2) is 0 Å². The predicted octanol–water partition coefficient (Wildman–Crippen LogP) is 3.14. The van der Waals surface area contributed by atoms with Crippen LogP contribution in [0, 0.1) is 0 Å². The summed E-state index contributed by atoms with van der Waals surface area (Å²) in [6.45, 7) is 2.87. The lowest BCUT2D eigenvalue weighted by atomic mass is 10.3. The van der Waals surface area contributed by atoms with Gasteiger partial charge < -0.3 is 19.8 Å². The van der Waals surface area contributed by atoms with E-state index in [-0.39, 0.29) is 11.6 Å². The Hall–Kier alpha value is -3.35. The second-order valence-electron chi connectivity index (χ2n) is 5.15. The van der Waals surface area contributed by atoms with Crippen molar-refractivity contribution in [3.63, 3.8) is 0 Å². The van der Waals surface area contributed by atoms with E-state index < -0.39 is 0 Å². The molecule has 25 heavy (non-hydrogen) atoms. The van der Waals surface area contributed by atoms with Crippen LogP contribution in [-0.2, 0) is 6.54 Å². The number of furan rings is 1. The number of ether oxygens (including phenoxy) is 1. The maximum absolute atomic E-state index is 12.0. The van der Waals surface area contributed by atoms with Crippen LogP contribution in [0.5, 0.6) is 5.75 Å². The summed E-state index contributed by atoms with van der Waals surface area (Å²) in [5.74, 6) is 1.72. The monoisotopic (exact) mass is 338 g/mol. The zero-order valence-electron chi connectivity index (χ0n) is 13.7. The fourth-order valence-corrected chi connectivity index (χ4v) is 2.14. The van der Waals surface area contributed by atoms with Crippen LogP contribution < -0.4 is 15.4 Å². The molecule has 0 unspecified atom stereocenters. The number of aromatic nitrogens is 2. The number of nitrogens with zero attached hydrogens (tertiary/aromatic N) is 2. The lowest BCUT2D eigenvalue weighted by Crippen LogP contribution is -2.23. The summed E-state index contributed by atoms with van der Waals surface area (Å²) in [5, 5.41) is 13.8. The summed E-state index contributed by atoms with van der Waals surface area (Å²) >= 11 is 0. The van der Waals surface area contributed by atoms with E-state index >= 15 is 0 Å². The van der Waals surface area contributed by atoms with Crippen molar-refractivity contribution in [3.8, 4) is 5.75 Å². The number of carbonyl (C=O) groups is 1. The van der Waals surface area contributed by atoms with Gasteiger partial charge in [-0.05, 0) is 55.5 Å². The van der Waals surface area contributed by atoms with E-state index in [1.54, 1.807) is 30.5 Å². The van der Waals surface area contributed by atoms with Crippen molar-refractivity contribution < 1.29 is 13.9 Å². The summed E-state index contributed by atoms with van der Waals surface area (Å²) in [5.41, 5.74) is 1.09. The minimum atomic E-state index is -0.309. The van der Waals surface area contributed by atoms with Crippen LogP contribution in [0.1, 0.15) is 23.2 Å². The van der Waals surface area contributed by atoms with E-state index in [1.807, 2.05) is 31.2 Å². The van der Waals surface area contributed by atoms with Gasteiger partial charge in [-0.15, -0.1) is 10.2 Å². The second kappa shape index (κ2) is 7.96. The third-order valence-corrected chi connectivity index (χ3v) is 3.34. The highest BCUT2D eigenvalue weighted by atomic mass is 16.5. The molecule has 0 bridgehead atoms. The predicted molar refractivity (Wildman–Crippen MR) is 92.8 cm³/mol. The van der Waals surface area contributed by atoms with Crippen LogP contribution in [0.2, 0.25) is 0 Å². The van der Waals surface area contributed by atoms with Crippen LogP contribution >= 0.6 is 0 Å². The van der Waals surface area contributed by atoms with E-state index in [9.17, 15) is 4.79 Å². The minimum Gasteiger partial charge on any atom is -0.494 e. The van der Waals surface area contributed by atoms with E-state index in [2.05, 4.69) is 20.8 Å². The van der Waals surface area contributed by atoms with Gasteiger partial charge in [0, 0.05) is 5.69 Å². The summed E-state index contributed by atoms with van der Waals surface area (Å²) in [6, 6.07) is 14.4. The largest absolute Gasteiger partial charge is 0.494 e. The average molecular weight is 338 g/mol. The molecule has 0 fully saturated rings. The molecule has 7 nitrogen and oxygen atoms in total. The molecule has 3 rings (SSSR count). The fourth-order valence-electron chi connectivity index (χ4n) is 2.14. The third kappa shape index (κ3) is 4.57. The number of amides is 1. The van der Waals surface area contributed by atoms with E-state index in [0.29, 0.717) is 24.7 Å². The molecule has 0 atom stereocenters. The number of nitrogens with one attached hydrogen (secondary N) is 2. The molecular formula is C18H18N4O3. The Morgan fingerprint density at radius 3 is 2.60 bits per heavy atom. The Bertz CT molecular complexity index is 799. The van der Waals surface area contributed by atoms with Crippen LogP contribution in [0.4, 0.5) is 11.5 Å². The molecule has 0 saturated carbocycles. The van der Waals surface area contributed by atoms with Crippen LogP contribution in [0.3, 0.4) is 0 Å². The maximum atomic E-state index is 12.0. The van der Waals surface area contributed by atoms with Gasteiger partial charge in [-0.2, -0.15) is 0 Å². The van der Waals surface area contributed by atoms with Crippen LogP contribution in [-0.4, -0.2) is 22.7 Å². The zero-order chi connectivity index (χ0) is 17.5. The highest BCUT2D eigenvalue weighted by Gasteiger charge is 2.09. The fraction of sp³-hybridized carbons (Fsp3) is 0.167. The van der Waals surface area contributed by atoms with Gasteiger partial charge in [0.05, 0.1) is 19.4 Å². The molecule has 0 radical (unpaired) electrons. The van der Waals surface area contributed by atoms with Crippen molar-refractivity contribution in [3.05, 3.63) is 66.2 Å². The highest BCUT2D eigenvalue weighted by molar-refractivity contribution is 5.92. The molecule has 0 aliphatic rings. The Morgan fingerprint density at radius 1 is 1.12 bits per heavy atom. The van der Waals surface area contributed by atoms with Gasteiger partial charge in [0.1, 0.15) is 11.5 Å². The number of hydrogen-bond donors (Lipinski definition) is 2. The van der Waals surface area contributed by atoms with Gasteiger partial charge in [-0.3, -0.25) is 4.79 Å². The summed E-state index contributed by atoms with van der Waals surface area (Å²) in [7, 11) is 0. The van der Waals surface area contributed by atoms with Crippen molar-refractivity contribution in [2.75, 3.05) is 11.9 Å². The molecule has 0 aliphatic heterocycles. The molecule has 7 heteroatoms. The molecule has 3 aromatic rings. The Labute approximate surface area is 145 Å². The first-order valence-electron chi connectivity index (χ1n) is 7.89. The van der Waals surface area contributed by atoms with Gasteiger partial charge in [-0.1, -0.05) is 0 Å². The Morgan fingerprint density at radius 2 is 1.96 bits per heavy atom. The number of benzene rings is 1. The highest BCUT2D eigenvalue weighted by Crippen LogP contribution is 2.18. The lowest BCUT2D eigenvalue weighted by molar-refractivity contribution is 0.0942. The third-order valence-electron chi connectivity index (χ3n) is 3.34. The zero-order valence-corrected chi connectivity index (χ0v) is 13.7. The smallest absolute Gasteiger partial charge is 0.272 e. The van der Waals surface area contributed by atoms with Gasteiger partial charge in [0.15, 0.2) is 11.5 Å². The molecule has 2 N–H and O–H groups in total. The number of anilines is 2. The van der Waals surface area contributed by atoms with Gasteiger partial charge >= 0.3 is 0 Å². The first kappa shape index (κ1) is 16.5.